The molecule has 0 atom stereocenters. The molecule has 1 aromatic heterocycles. The van der Waals surface area contributed by atoms with Gasteiger partial charge < -0.3 is 4.98 Å². The van der Waals surface area contributed by atoms with Crippen LogP contribution in [0.5, 0.6) is 0 Å². The lowest BCUT2D eigenvalue weighted by Gasteiger charge is -2.07. The Bertz CT molecular complexity index is 652. The average molecular weight is 267 g/mol. The Balaban J connectivity index is 2.68. The van der Waals surface area contributed by atoms with Crippen LogP contribution in [0.4, 0.5) is 4.39 Å². The largest absolute Gasteiger partial charge is 0.306 e. The molecule has 0 bridgehead atoms. The molecule has 0 radical (unpaired) electrons. The quantitative estimate of drug-likeness (QED) is 0.908. The minimum atomic E-state index is -0.576. The van der Waals surface area contributed by atoms with Crippen molar-refractivity contribution in [1.29, 1.82) is 0 Å². The summed E-state index contributed by atoms with van der Waals surface area (Å²) < 4.78 is 13.9. The van der Waals surface area contributed by atoms with Gasteiger partial charge in [0.1, 0.15) is 5.82 Å². The number of hydrogen-bond acceptors (Lipinski definition) is 2. The van der Waals surface area contributed by atoms with Gasteiger partial charge in [0, 0.05) is 5.56 Å². The minimum Gasteiger partial charge on any atom is -0.306 e. The van der Waals surface area contributed by atoms with Crippen molar-refractivity contribution in [3.63, 3.8) is 0 Å². The summed E-state index contributed by atoms with van der Waals surface area (Å²) in [6.07, 6.45) is 0.616. The van der Waals surface area contributed by atoms with Crippen molar-refractivity contribution in [1.82, 2.24) is 9.97 Å². The minimum absolute atomic E-state index is 0.00812. The molecule has 1 aromatic carbocycles. The van der Waals surface area contributed by atoms with Crippen molar-refractivity contribution in [2.24, 2.45) is 0 Å². The second-order valence-electron chi connectivity index (χ2n) is 3.94. The Morgan fingerprint density at radius 2 is 2.17 bits per heavy atom. The zero-order chi connectivity index (χ0) is 13.3. The lowest BCUT2D eigenvalue weighted by atomic mass is 10.1. The van der Waals surface area contributed by atoms with Crippen LogP contribution in [0.1, 0.15) is 18.2 Å². The smallest absolute Gasteiger partial charge is 0.254 e. The second kappa shape index (κ2) is 4.90. The number of hydrogen-bond donors (Lipinski definition) is 1. The summed E-state index contributed by atoms with van der Waals surface area (Å²) in [5.41, 5.74) is 1.17. The maximum atomic E-state index is 13.9. The van der Waals surface area contributed by atoms with E-state index in [9.17, 15) is 9.18 Å². The zero-order valence-corrected chi connectivity index (χ0v) is 10.8. The molecule has 94 valence electrons. The van der Waals surface area contributed by atoms with E-state index in [1.54, 1.807) is 13.0 Å². The Morgan fingerprint density at radius 3 is 2.83 bits per heavy atom. The van der Waals surface area contributed by atoms with E-state index in [1.165, 1.54) is 12.1 Å². The maximum Gasteiger partial charge on any atom is 0.254 e. The molecule has 0 aliphatic rings. The number of nitrogens with one attached hydrogen (secondary N) is 1. The summed E-state index contributed by atoms with van der Waals surface area (Å²) in [5, 5.41) is 0.00812. The molecule has 1 heterocycles. The fourth-order valence-electron chi connectivity index (χ4n) is 1.74. The molecule has 0 fully saturated rings. The van der Waals surface area contributed by atoms with Crippen molar-refractivity contribution < 1.29 is 4.39 Å². The third-order valence-electron chi connectivity index (χ3n) is 2.79. The van der Waals surface area contributed by atoms with Crippen molar-refractivity contribution >= 4 is 11.6 Å². The first kappa shape index (κ1) is 12.8. The predicted octanol–water partition coefficient (Wildman–Crippen LogP) is 3.10. The van der Waals surface area contributed by atoms with E-state index in [0.29, 0.717) is 17.7 Å². The van der Waals surface area contributed by atoms with E-state index in [0.717, 1.165) is 0 Å². The molecule has 18 heavy (non-hydrogen) atoms. The van der Waals surface area contributed by atoms with Gasteiger partial charge in [-0.1, -0.05) is 24.6 Å². The Morgan fingerprint density at radius 1 is 1.44 bits per heavy atom. The van der Waals surface area contributed by atoms with E-state index in [-0.39, 0.29) is 22.0 Å². The molecule has 5 heteroatoms. The van der Waals surface area contributed by atoms with Crippen LogP contribution in [0.25, 0.3) is 11.4 Å². The van der Waals surface area contributed by atoms with E-state index >= 15 is 0 Å². The number of aromatic nitrogens is 2. The van der Waals surface area contributed by atoms with Gasteiger partial charge in [0.15, 0.2) is 5.82 Å². The molecular weight excluding hydrogens is 255 g/mol. The molecule has 0 unspecified atom stereocenters. The van der Waals surface area contributed by atoms with Crippen molar-refractivity contribution in [3.05, 3.63) is 50.7 Å². The van der Waals surface area contributed by atoms with Gasteiger partial charge in [-0.05, 0) is 25.5 Å². The number of rotatable bonds is 2. The van der Waals surface area contributed by atoms with Crippen LogP contribution >= 0.6 is 11.6 Å². The van der Waals surface area contributed by atoms with Crippen LogP contribution in [0.3, 0.4) is 0 Å². The fraction of sp³-hybridized carbons (Fsp3) is 0.231. The summed E-state index contributed by atoms with van der Waals surface area (Å²) in [5.74, 6) is -0.365. The molecule has 2 rings (SSSR count). The number of nitrogens with zero attached hydrogens (tertiary/aromatic N) is 1. The van der Waals surface area contributed by atoms with Gasteiger partial charge in [-0.2, -0.15) is 0 Å². The molecule has 0 spiro atoms. The average Bonchev–Trinajstić information content (AvgIpc) is 2.36. The zero-order valence-electron chi connectivity index (χ0n) is 10.1. The number of benzene rings is 1. The maximum absolute atomic E-state index is 13.9. The third kappa shape index (κ3) is 2.16. The molecule has 0 saturated heterocycles. The van der Waals surface area contributed by atoms with Gasteiger partial charge in [-0.3, -0.25) is 4.79 Å². The number of aromatic amines is 1. The van der Waals surface area contributed by atoms with Crippen LogP contribution in [0.2, 0.25) is 5.02 Å². The second-order valence-corrected chi connectivity index (χ2v) is 4.35. The first-order chi connectivity index (χ1) is 8.54. The summed E-state index contributed by atoms with van der Waals surface area (Å²) >= 11 is 5.71. The first-order valence-corrected chi connectivity index (χ1v) is 5.96. The normalized spacial score (nSPS) is 10.7. The molecule has 2 aromatic rings. The predicted molar refractivity (Wildman–Crippen MR) is 69.4 cm³/mol. The third-order valence-corrected chi connectivity index (χ3v) is 3.09. The first-order valence-electron chi connectivity index (χ1n) is 5.58. The highest BCUT2D eigenvalue weighted by molar-refractivity contribution is 6.31. The summed E-state index contributed by atoms with van der Waals surface area (Å²) in [6, 6.07) is 4.61. The van der Waals surface area contributed by atoms with Gasteiger partial charge in [0.05, 0.1) is 16.3 Å². The highest BCUT2D eigenvalue weighted by Crippen LogP contribution is 2.24. The Hall–Kier alpha value is -1.68. The number of halogens is 2. The lowest BCUT2D eigenvalue weighted by molar-refractivity contribution is 0.630. The lowest BCUT2D eigenvalue weighted by Crippen LogP contribution is -2.16. The molecular formula is C13H12ClFN2O. The van der Waals surface area contributed by atoms with Gasteiger partial charge in [0.2, 0.25) is 0 Å². The number of aryl methyl sites for hydroxylation is 1. The van der Waals surface area contributed by atoms with Crippen LogP contribution in [0.15, 0.2) is 23.0 Å². The molecule has 1 N–H and O–H groups in total. The van der Waals surface area contributed by atoms with E-state index in [2.05, 4.69) is 9.97 Å². The summed E-state index contributed by atoms with van der Waals surface area (Å²) in [6.45, 7) is 3.59. The molecule has 0 amide bonds. The van der Waals surface area contributed by atoms with Crippen LogP contribution in [0, 0.1) is 12.7 Å². The van der Waals surface area contributed by atoms with Crippen molar-refractivity contribution in [3.8, 4) is 11.4 Å². The van der Waals surface area contributed by atoms with Gasteiger partial charge in [0.25, 0.3) is 5.56 Å². The summed E-state index contributed by atoms with van der Waals surface area (Å²) in [4.78, 5) is 18.6. The topological polar surface area (TPSA) is 45.8 Å². The van der Waals surface area contributed by atoms with E-state index in [4.69, 9.17) is 11.6 Å². The number of H-pyrrole nitrogens is 1. The van der Waals surface area contributed by atoms with Gasteiger partial charge >= 0.3 is 0 Å². The molecule has 3 nitrogen and oxygen atoms in total. The van der Waals surface area contributed by atoms with Crippen molar-refractivity contribution in [2.75, 3.05) is 0 Å². The monoisotopic (exact) mass is 266 g/mol. The molecule has 0 saturated carbocycles. The van der Waals surface area contributed by atoms with Crippen LogP contribution < -0.4 is 5.56 Å². The standard InChI is InChI=1S/C13H12ClFN2O/c1-3-10-7(2)13(18)17-12(16-10)8-5-4-6-9(14)11(8)15/h4-6H,3H2,1-2H3,(H,16,17,18). The van der Waals surface area contributed by atoms with Crippen molar-refractivity contribution in [2.45, 2.75) is 20.3 Å². The molecule has 0 aliphatic heterocycles. The van der Waals surface area contributed by atoms with Crippen LogP contribution in [-0.4, -0.2) is 9.97 Å². The van der Waals surface area contributed by atoms with E-state index in [1.807, 2.05) is 6.92 Å². The highest BCUT2D eigenvalue weighted by Gasteiger charge is 2.13. The Labute approximate surface area is 109 Å². The van der Waals surface area contributed by atoms with E-state index < -0.39 is 5.82 Å². The Kier molecular flexibility index (Phi) is 3.48. The fourth-order valence-corrected chi connectivity index (χ4v) is 1.91. The van der Waals surface area contributed by atoms with Gasteiger partial charge in [-0.15, -0.1) is 0 Å². The SMILES string of the molecule is CCc1nc(-c2cccc(Cl)c2F)[nH]c(=O)c1C. The van der Waals surface area contributed by atoms with Crippen LogP contribution in [-0.2, 0) is 6.42 Å². The molecule has 0 aliphatic carbocycles. The summed E-state index contributed by atoms with van der Waals surface area (Å²) in [7, 11) is 0. The van der Waals surface area contributed by atoms with Gasteiger partial charge in [-0.25, -0.2) is 9.37 Å². The highest BCUT2D eigenvalue weighted by atomic mass is 35.5.